The average molecular weight is 242 g/mol. The molecule has 1 fully saturated rings. The third kappa shape index (κ3) is 2.39. The normalized spacial score (nSPS) is 13.6. The van der Waals surface area contributed by atoms with E-state index in [1.165, 1.54) is 23.8 Å². The van der Waals surface area contributed by atoms with Crippen molar-refractivity contribution in [1.82, 2.24) is 4.98 Å². The monoisotopic (exact) mass is 242 g/mol. The smallest absolute Gasteiger partial charge is 0.373 e. The van der Waals surface area contributed by atoms with E-state index < -0.39 is 0 Å². The van der Waals surface area contributed by atoms with Crippen molar-refractivity contribution in [2.45, 2.75) is 25.7 Å². The molecule has 0 unspecified atom stereocenters. The molecule has 0 aliphatic heterocycles. The molecule has 1 aromatic heterocycles. The van der Waals surface area contributed by atoms with Crippen molar-refractivity contribution in [3.05, 3.63) is 35.5 Å². The molecular formula is C14H14N2O2. The minimum absolute atomic E-state index is 0.250. The Morgan fingerprint density at radius 1 is 1.33 bits per heavy atom. The van der Waals surface area contributed by atoms with Gasteiger partial charge in [0.05, 0.1) is 5.52 Å². The second-order valence-corrected chi connectivity index (χ2v) is 4.45. The summed E-state index contributed by atoms with van der Waals surface area (Å²) in [5.74, 6) is 0.723. The SMILES string of the molecule is Cc1cc(N)c2c(C3CC3)cccc2n1.O=C=O. The quantitative estimate of drug-likeness (QED) is 0.833. The van der Waals surface area contributed by atoms with Crippen LogP contribution in [0.5, 0.6) is 0 Å². The van der Waals surface area contributed by atoms with Crippen LogP contribution in [0.2, 0.25) is 0 Å². The summed E-state index contributed by atoms with van der Waals surface area (Å²) in [5.41, 5.74) is 10.4. The van der Waals surface area contributed by atoms with Gasteiger partial charge in [0.25, 0.3) is 0 Å². The maximum absolute atomic E-state index is 8.12. The van der Waals surface area contributed by atoms with Crippen LogP contribution in [-0.2, 0) is 9.59 Å². The molecule has 0 spiro atoms. The van der Waals surface area contributed by atoms with Crippen molar-refractivity contribution >= 4 is 22.7 Å². The first-order valence-corrected chi connectivity index (χ1v) is 5.82. The third-order valence-electron chi connectivity index (χ3n) is 3.04. The molecule has 18 heavy (non-hydrogen) atoms. The Labute approximate surface area is 105 Å². The summed E-state index contributed by atoms with van der Waals surface area (Å²) < 4.78 is 0. The van der Waals surface area contributed by atoms with Crippen molar-refractivity contribution in [3.8, 4) is 0 Å². The Morgan fingerprint density at radius 3 is 2.61 bits per heavy atom. The van der Waals surface area contributed by atoms with Crippen molar-refractivity contribution in [3.63, 3.8) is 0 Å². The molecule has 0 radical (unpaired) electrons. The van der Waals surface area contributed by atoms with Gasteiger partial charge in [-0.15, -0.1) is 0 Å². The second kappa shape index (κ2) is 4.98. The summed E-state index contributed by atoms with van der Waals surface area (Å²) in [6.45, 7) is 1.99. The summed E-state index contributed by atoms with van der Waals surface area (Å²) in [6.07, 6.45) is 2.85. The summed E-state index contributed by atoms with van der Waals surface area (Å²) in [7, 11) is 0. The Balaban J connectivity index is 0.000000367. The number of hydrogen-bond donors (Lipinski definition) is 1. The molecule has 0 amide bonds. The number of nitrogen functional groups attached to an aromatic ring is 1. The number of carbonyl (C=O) groups excluding carboxylic acids is 2. The van der Waals surface area contributed by atoms with Crippen LogP contribution in [0, 0.1) is 6.92 Å². The zero-order valence-electron chi connectivity index (χ0n) is 10.1. The van der Waals surface area contributed by atoms with E-state index in [0.717, 1.165) is 22.8 Å². The van der Waals surface area contributed by atoms with Gasteiger partial charge in [0, 0.05) is 16.8 Å². The highest BCUT2D eigenvalue weighted by Gasteiger charge is 2.26. The lowest BCUT2D eigenvalue weighted by Crippen LogP contribution is -1.95. The molecule has 92 valence electrons. The Kier molecular flexibility index (Phi) is 3.40. The van der Waals surface area contributed by atoms with E-state index in [0.29, 0.717) is 0 Å². The van der Waals surface area contributed by atoms with Gasteiger partial charge in [-0.3, -0.25) is 4.98 Å². The molecule has 1 heterocycles. The van der Waals surface area contributed by atoms with Gasteiger partial charge >= 0.3 is 6.15 Å². The number of aromatic nitrogens is 1. The van der Waals surface area contributed by atoms with Gasteiger partial charge in [-0.05, 0) is 43.4 Å². The molecule has 1 aromatic carbocycles. The number of benzene rings is 1. The number of hydrogen-bond acceptors (Lipinski definition) is 4. The molecule has 0 atom stereocenters. The molecule has 2 N–H and O–H groups in total. The Bertz CT molecular complexity index is 612. The lowest BCUT2D eigenvalue weighted by molar-refractivity contribution is -0.191. The van der Waals surface area contributed by atoms with E-state index in [4.69, 9.17) is 15.3 Å². The van der Waals surface area contributed by atoms with Crippen LogP contribution in [0.1, 0.15) is 30.0 Å². The fourth-order valence-electron chi connectivity index (χ4n) is 2.22. The molecule has 0 bridgehead atoms. The van der Waals surface area contributed by atoms with E-state index in [1.54, 1.807) is 0 Å². The molecule has 3 rings (SSSR count). The van der Waals surface area contributed by atoms with E-state index in [2.05, 4.69) is 17.1 Å². The maximum Gasteiger partial charge on any atom is 0.373 e. The van der Waals surface area contributed by atoms with E-state index in [9.17, 15) is 0 Å². The standard InChI is InChI=1S/C13H14N2.CO2/c1-8-7-11(14)13-10(9-5-6-9)3-2-4-12(13)15-8;2-1-3/h2-4,7,9H,5-6H2,1H3,(H2,14,15);. The van der Waals surface area contributed by atoms with Gasteiger partial charge in [0.2, 0.25) is 0 Å². The molecular weight excluding hydrogens is 228 g/mol. The second-order valence-electron chi connectivity index (χ2n) is 4.45. The average Bonchev–Trinajstić information content (AvgIpc) is 3.12. The van der Waals surface area contributed by atoms with E-state index >= 15 is 0 Å². The number of rotatable bonds is 1. The van der Waals surface area contributed by atoms with Crippen LogP contribution < -0.4 is 5.73 Å². The summed E-state index contributed by atoms with van der Waals surface area (Å²) in [4.78, 5) is 20.8. The topological polar surface area (TPSA) is 73.0 Å². The van der Waals surface area contributed by atoms with Crippen LogP contribution in [0.25, 0.3) is 10.9 Å². The molecule has 4 heteroatoms. The van der Waals surface area contributed by atoms with Gasteiger partial charge < -0.3 is 5.73 Å². The van der Waals surface area contributed by atoms with E-state index in [1.807, 2.05) is 19.1 Å². The van der Waals surface area contributed by atoms with Crippen molar-refractivity contribution in [2.24, 2.45) is 0 Å². The van der Waals surface area contributed by atoms with Gasteiger partial charge in [-0.2, -0.15) is 9.59 Å². The highest BCUT2D eigenvalue weighted by Crippen LogP contribution is 2.44. The lowest BCUT2D eigenvalue weighted by atomic mass is 10.0. The number of anilines is 1. The first kappa shape index (κ1) is 12.3. The Morgan fingerprint density at radius 2 is 2.00 bits per heavy atom. The summed E-state index contributed by atoms with van der Waals surface area (Å²) in [6, 6.07) is 8.29. The van der Waals surface area contributed by atoms with Crippen LogP contribution in [-0.4, -0.2) is 11.1 Å². The highest BCUT2D eigenvalue weighted by molar-refractivity contribution is 5.93. The van der Waals surface area contributed by atoms with Crippen molar-refractivity contribution in [1.29, 1.82) is 0 Å². The summed E-state index contributed by atoms with van der Waals surface area (Å²) >= 11 is 0. The number of nitrogens with two attached hydrogens (primary N) is 1. The molecule has 1 aliphatic rings. The van der Waals surface area contributed by atoms with Crippen molar-refractivity contribution in [2.75, 3.05) is 5.73 Å². The van der Waals surface area contributed by atoms with Gasteiger partial charge in [0.15, 0.2) is 0 Å². The first-order valence-electron chi connectivity index (χ1n) is 5.82. The molecule has 1 saturated carbocycles. The minimum atomic E-state index is 0.250. The lowest BCUT2D eigenvalue weighted by Gasteiger charge is -2.08. The van der Waals surface area contributed by atoms with Gasteiger partial charge in [-0.25, -0.2) is 0 Å². The van der Waals surface area contributed by atoms with Crippen molar-refractivity contribution < 1.29 is 9.59 Å². The molecule has 1 aliphatic carbocycles. The highest BCUT2D eigenvalue weighted by atomic mass is 16.2. The fraction of sp³-hybridized carbons (Fsp3) is 0.286. The molecule has 0 saturated heterocycles. The zero-order valence-corrected chi connectivity index (χ0v) is 10.1. The number of pyridine rings is 1. The predicted molar refractivity (Wildman–Crippen MR) is 67.9 cm³/mol. The van der Waals surface area contributed by atoms with Crippen LogP contribution in [0.15, 0.2) is 24.3 Å². The Hall–Kier alpha value is -2.19. The third-order valence-corrected chi connectivity index (χ3v) is 3.04. The first-order chi connectivity index (χ1) is 8.67. The maximum atomic E-state index is 8.12. The van der Waals surface area contributed by atoms with Crippen LogP contribution in [0.4, 0.5) is 5.69 Å². The number of fused-ring (bicyclic) bond motifs is 1. The van der Waals surface area contributed by atoms with Gasteiger partial charge in [-0.1, -0.05) is 12.1 Å². The minimum Gasteiger partial charge on any atom is -0.398 e. The van der Waals surface area contributed by atoms with Crippen LogP contribution >= 0.6 is 0 Å². The fourth-order valence-corrected chi connectivity index (χ4v) is 2.22. The van der Waals surface area contributed by atoms with Gasteiger partial charge in [0.1, 0.15) is 0 Å². The van der Waals surface area contributed by atoms with E-state index in [-0.39, 0.29) is 6.15 Å². The summed E-state index contributed by atoms with van der Waals surface area (Å²) in [5, 5.41) is 1.17. The molecule has 4 nitrogen and oxygen atoms in total. The number of nitrogens with zero attached hydrogens (tertiary/aromatic N) is 1. The van der Waals surface area contributed by atoms with Crippen LogP contribution in [0.3, 0.4) is 0 Å². The largest absolute Gasteiger partial charge is 0.398 e. The molecule has 2 aromatic rings. The zero-order chi connectivity index (χ0) is 13.1. The predicted octanol–water partition coefficient (Wildman–Crippen LogP) is 2.42. The number of aryl methyl sites for hydroxylation is 1.